The van der Waals surface area contributed by atoms with Gasteiger partial charge in [-0.3, -0.25) is 4.79 Å². The van der Waals surface area contributed by atoms with E-state index < -0.39 is 6.10 Å². The highest BCUT2D eigenvalue weighted by atomic mass is 16.5. The molecule has 5 nitrogen and oxygen atoms in total. The number of benzene rings is 2. The highest BCUT2D eigenvalue weighted by molar-refractivity contribution is 5.94. The summed E-state index contributed by atoms with van der Waals surface area (Å²) in [5, 5.41) is 12.7. The van der Waals surface area contributed by atoms with Crippen LogP contribution in [0.2, 0.25) is 0 Å². The Kier molecular flexibility index (Phi) is 6.64. The summed E-state index contributed by atoms with van der Waals surface area (Å²) in [6.07, 6.45) is -0.792. The third kappa shape index (κ3) is 5.77. The Bertz CT molecular complexity index is 702. The van der Waals surface area contributed by atoms with Crippen molar-refractivity contribution in [3.8, 4) is 11.5 Å². The molecule has 0 aliphatic rings. The van der Waals surface area contributed by atoms with Crippen LogP contribution >= 0.6 is 0 Å². The molecule has 26 heavy (non-hydrogen) atoms. The van der Waals surface area contributed by atoms with Gasteiger partial charge >= 0.3 is 0 Å². The van der Waals surface area contributed by atoms with Gasteiger partial charge in [0, 0.05) is 12.1 Å². The van der Waals surface area contributed by atoms with E-state index in [-0.39, 0.29) is 24.5 Å². The summed E-state index contributed by atoms with van der Waals surface area (Å²) in [7, 11) is 1.57. The van der Waals surface area contributed by atoms with Crippen molar-refractivity contribution in [2.75, 3.05) is 20.3 Å². The van der Waals surface area contributed by atoms with Gasteiger partial charge < -0.3 is 19.9 Å². The van der Waals surface area contributed by atoms with E-state index in [1.165, 1.54) is 5.56 Å². The number of carbonyl (C=O) groups is 1. The average Bonchev–Trinajstić information content (AvgIpc) is 2.64. The Balaban J connectivity index is 1.77. The van der Waals surface area contributed by atoms with Crippen molar-refractivity contribution < 1.29 is 19.4 Å². The highest BCUT2D eigenvalue weighted by Crippen LogP contribution is 2.24. The topological polar surface area (TPSA) is 67.8 Å². The van der Waals surface area contributed by atoms with Gasteiger partial charge in [-0.1, -0.05) is 32.9 Å². The van der Waals surface area contributed by atoms with Crippen molar-refractivity contribution in [2.24, 2.45) is 0 Å². The van der Waals surface area contributed by atoms with Crippen molar-refractivity contribution in [1.82, 2.24) is 5.32 Å². The van der Waals surface area contributed by atoms with Crippen molar-refractivity contribution in [3.05, 3.63) is 59.7 Å². The molecule has 0 aromatic heterocycles. The molecule has 140 valence electrons. The Morgan fingerprint density at radius 3 is 2.15 bits per heavy atom. The molecule has 2 N–H and O–H groups in total. The normalized spacial score (nSPS) is 12.3. The molecule has 0 radical (unpaired) electrons. The van der Waals surface area contributed by atoms with Gasteiger partial charge in [-0.05, 0) is 47.4 Å². The second kappa shape index (κ2) is 8.72. The quantitative estimate of drug-likeness (QED) is 0.799. The molecule has 0 saturated carbocycles. The fourth-order valence-electron chi connectivity index (χ4n) is 2.36. The first-order valence-electron chi connectivity index (χ1n) is 8.63. The summed E-state index contributed by atoms with van der Waals surface area (Å²) in [6.45, 7) is 6.68. The molecule has 0 fully saturated rings. The number of nitrogens with one attached hydrogen (secondary N) is 1. The lowest BCUT2D eigenvalue weighted by Crippen LogP contribution is -2.35. The van der Waals surface area contributed by atoms with E-state index in [0.717, 1.165) is 0 Å². The first kappa shape index (κ1) is 19.8. The molecule has 0 aliphatic heterocycles. The van der Waals surface area contributed by atoms with Gasteiger partial charge in [0.05, 0.1) is 7.11 Å². The SMILES string of the molecule is COc1ccc(C(=O)NC[C@@H](O)COc2ccc(C(C)(C)C)cc2)cc1. The summed E-state index contributed by atoms with van der Waals surface area (Å²) < 4.78 is 10.6. The average molecular weight is 357 g/mol. The van der Waals surface area contributed by atoms with Crippen molar-refractivity contribution in [3.63, 3.8) is 0 Å². The first-order valence-corrected chi connectivity index (χ1v) is 8.63. The van der Waals surface area contributed by atoms with Crippen LogP contribution in [0.4, 0.5) is 0 Å². The summed E-state index contributed by atoms with van der Waals surface area (Å²) >= 11 is 0. The van der Waals surface area contributed by atoms with Crippen LogP contribution in [0.3, 0.4) is 0 Å². The molecule has 0 spiro atoms. The number of hydrogen-bond acceptors (Lipinski definition) is 4. The predicted octanol–water partition coefficient (Wildman–Crippen LogP) is 3.16. The zero-order chi connectivity index (χ0) is 19.2. The number of aliphatic hydroxyl groups is 1. The number of ether oxygens (including phenoxy) is 2. The number of carbonyl (C=O) groups excluding carboxylic acids is 1. The van der Waals surface area contributed by atoms with E-state index in [4.69, 9.17) is 9.47 Å². The molecule has 2 aromatic carbocycles. The Labute approximate surface area is 155 Å². The van der Waals surface area contributed by atoms with E-state index in [2.05, 4.69) is 26.1 Å². The molecule has 2 rings (SSSR count). The molecule has 0 aliphatic carbocycles. The number of amides is 1. The number of rotatable bonds is 7. The largest absolute Gasteiger partial charge is 0.497 e. The maximum Gasteiger partial charge on any atom is 0.251 e. The highest BCUT2D eigenvalue weighted by Gasteiger charge is 2.14. The van der Waals surface area contributed by atoms with Gasteiger partial charge in [0.25, 0.3) is 5.91 Å². The molecule has 5 heteroatoms. The van der Waals surface area contributed by atoms with E-state index in [9.17, 15) is 9.90 Å². The Morgan fingerprint density at radius 1 is 1.04 bits per heavy atom. The summed E-state index contributed by atoms with van der Waals surface area (Å²) in [5.74, 6) is 1.13. The number of aliphatic hydroxyl groups excluding tert-OH is 1. The van der Waals surface area contributed by atoms with E-state index in [1.807, 2.05) is 24.3 Å². The minimum Gasteiger partial charge on any atom is -0.497 e. The van der Waals surface area contributed by atoms with Crippen LogP contribution in [-0.4, -0.2) is 37.4 Å². The molecular weight excluding hydrogens is 330 g/mol. The minimum absolute atomic E-state index is 0.0871. The van der Waals surface area contributed by atoms with Gasteiger partial charge in [-0.2, -0.15) is 0 Å². The van der Waals surface area contributed by atoms with Gasteiger partial charge in [-0.15, -0.1) is 0 Å². The van der Waals surface area contributed by atoms with Crippen LogP contribution < -0.4 is 14.8 Å². The smallest absolute Gasteiger partial charge is 0.251 e. The zero-order valence-electron chi connectivity index (χ0n) is 15.8. The molecule has 1 atom stereocenters. The van der Waals surface area contributed by atoms with Crippen LogP contribution in [0, 0.1) is 0 Å². The van der Waals surface area contributed by atoms with Gasteiger partial charge in [0.15, 0.2) is 0 Å². The lowest BCUT2D eigenvalue weighted by Gasteiger charge is -2.19. The molecule has 0 unspecified atom stereocenters. The fraction of sp³-hybridized carbons (Fsp3) is 0.381. The number of methoxy groups -OCH3 is 1. The monoisotopic (exact) mass is 357 g/mol. The third-order valence-corrected chi connectivity index (χ3v) is 4.01. The van der Waals surface area contributed by atoms with Gasteiger partial charge in [0.1, 0.15) is 24.2 Å². The molecule has 1 amide bonds. The second-order valence-electron chi connectivity index (χ2n) is 7.18. The maximum atomic E-state index is 12.1. The van der Waals surface area contributed by atoms with Crippen LogP contribution in [0.5, 0.6) is 11.5 Å². The lowest BCUT2D eigenvalue weighted by atomic mass is 9.87. The summed E-state index contributed by atoms with van der Waals surface area (Å²) in [6, 6.07) is 14.6. The van der Waals surface area contributed by atoms with E-state index >= 15 is 0 Å². The van der Waals surface area contributed by atoms with E-state index in [0.29, 0.717) is 17.1 Å². The molecule has 0 bridgehead atoms. The second-order valence-corrected chi connectivity index (χ2v) is 7.18. The molecule has 0 saturated heterocycles. The van der Waals surface area contributed by atoms with Crippen LogP contribution in [0.1, 0.15) is 36.7 Å². The first-order chi connectivity index (χ1) is 12.3. The fourth-order valence-corrected chi connectivity index (χ4v) is 2.36. The Hall–Kier alpha value is -2.53. The van der Waals surface area contributed by atoms with Crippen molar-refractivity contribution in [2.45, 2.75) is 32.3 Å². The van der Waals surface area contributed by atoms with Crippen molar-refractivity contribution in [1.29, 1.82) is 0 Å². The molecule has 2 aromatic rings. The summed E-state index contributed by atoms with van der Waals surface area (Å²) in [5.41, 5.74) is 1.82. The minimum atomic E-state index is -0.792. The van der Waals surface area contributed by atoms with Gasteiger partial charge in [-0.25, -0.2) is 0 Å². The van der Waals surface area contributed by atoms with Crippen LogP contribution in [0.25, 0.3) is 0 Å². The zero-order valence-corrected chi connectivity index (χ0v) is 15.8. The molecule has 0 heterocycles. The van der Waals surface area contributed by atoms with Gasteiger partial charge in [0.2, 0.25) is 0 Å². The van der Waals surface area contributed by atoms with E-state index in [1.54, 1.807) is 31.4 Å². The standard InChI is InChI=1S/C21H27NO4/c1-21(2,3)16-7-11-19(12-8-16)26-14-17(23)13-22-20(24)15-5-9-18(25-4)10-6-15/h5-12,17,23H,13-14H2,1-4H3,(H,22,24)/t17-/m1/s1. The third-order valence-electron chi connectivity index (χ3n) is 4.01. The lowest BCUT2D eigenvalue weighted by molar-refractivity contribution is 0.0843. The maximum absolute atomic E-state index is 12.1. The van der Waals surface area contributed by atoms with Crippen LogP contribution in [0.15, 0.2) is 48.5 Å². The summed E-state index contributed by atoms with van der Waals surface area (Å²) in [4.78, 5) is 12.1. The Morgan fingerprint density at radius 2 is 1.62 bits per heavy atom. The predicted molar refractivity (Wildman–Crippen MR) is 102 cm³/mol. The van der Waals surface area contributed by atoms with Crippen molar-refractivity contribution >= 4 is 5.91 Å². The molecular formula is C21H27NO4. The van der Waals surface area contributed by atoms with Crippen LogP contribution in [-0.2, 0) is 5.41 Å². The number of hydrogen-bond donors (Lipinski definition) is 2.